The number of carboxylic acids is 1. The van der Waals surface area contributed by atoms with E-state index in [1.54, 1.807) is 12.3 Å². The zero-order chi connectivity index (χ0) is 17.7. The van der Waals surface area contributed by atoms with E-state index in [1.807, 2.05) is 18.4 Å². The van der Waals surface area contributed by atoms with Gasteiger partial charge in [0.25, 0.3) is 0 Å². The van der Waals surface area contributed by atoms with Gasteiger partial charge in [-0.1, -0.05) is 13.8 Å². The van der Waals surface area contributed by atoms with Crippen LogP contribution in [0.4, 0.5) is 4.39 Å². The smallest absolute Gasteiger partial charge is 0.354 e. The van der Waals surface area contributed by atoms with Crippen molar-refractivity contribution in [3.63, 3.8) is 0 Å². The molecular weight excluding hydrogens is 323 g/mol. The number of fused-ring (bicyclic) bond motifs is 5. The van der Waals surface area contributed by atoms with E-state index in [-0.39, 0.29) is 17.4 Å². The van der Waals surface area contributed by atoms with Crippen LogP contribution in [0.25, 0.3) is 16.9 Å². The predicted octanol–water partition coefficient (Wildman–Crippen LogP) is 3.19. The van der Waals surface area contributed by atoms with Crippen LogP contribution in [0.1, 0.15) is 47.3 Å². The number of carbonyl (C=O) groups is 1. The van der Waals surface area contributed by atoms with Gasteiger partial charge in [0.05, 0.1) is 11.4 Å². The second kappa shape index (κ2) is 5.47. The molecule has 1 aliphatic rings. The highest BCUT2D eigenvalue weighted by Gasteiger charge is 2.28. The van der Waals surface area contributed by atoms with E-state index in [2.05, 4.69) is 15.0 Å². The minimum Gasteiger partial charge on any atom is -0.476 e. The SMILES string of the molecule is CC(C)c1ncc2n1-c1cc(F)ccc1-c1ncnc(C(=O)O)c1C2. The van der Waals surface area contributed by atoms with Crippen molar-refractivity contribution in [1.29, 1.82) is 0 Å². The van der Waals surface area contributed by atoms with Gasteiger partial charge in [0, 0.05) is 35.4 Å². The van der Waals surface area contributed by atoms with Gasteiger partial charge in [-0.2, -0.15) is 0 Å². The summed E-state index contributed by atoms with van der Waals surface area (Å²) in [4.78, 5) is 24.3. The number of imidazole rings is 1. The van der Waals surface area contributed by atoms with Crippen LogP contribution in [0, 0.1) is 5.82 Å². The molecule has 6 nitrogen and oxygen atoms in total. The summed E-state index contributed by atoms with van der Waals surface area (Å²) in [5, 5.41) is 9.49. The van der Waals surface area contributed by atoms with E-state index in [9.17, 15) is 14.3 Å². The molecule has 0 amide bonds. The standard InChI is InChI=1S/C18H15FN4O2/c1-9(2)17-20-7-11-6-13-15(21-8-22-16(13)18(24)25)12-4-3-10(19)5-14(12)23(11)17/h3-5,7-9H,6H2,1-2H3,(H,24,25). The number of hydrogen-bond acceptors (Lipinski definition) is 4. The number of rotatable bonds is 2. The average Bonchev–Trinajstić information content (AvgIpc) is 2.93. The van der Waals surface area contributed by atoms with Gasteiger partial charge in [-0.15, -0.1) is 0 Å². The molecule has 7 heteroatoms. The fraction of sp³-hybridized carbons (Fsp3) is 0.222. The number of aromatic carboxylic acids is 1. The predicted molar refractivity (Wildman–Crippen MR) is 88.4 cm³/mol. The first-order chi connectivity index (χ1) is 12.0. The second-order valence-corrected chi connectivity index (χ2v) is 6.29. The van der Waals surface area contributed by atoms with Crippen molar-refractivity contribution in [3.05, 3.63) is 59.3 Å². The first kappa shape index (κ1) is 15.4. The van der Waals surface area contributed by atoms with Crippen LogP contribution in [-0.2, 0) is 6.42 Å². The summed E-state index contributed by atoms with van der Waals surface area (Å²) in [5.41, 5.74) is 3.05. The lowest BCUT2D eigenvalue weighted by molar-refractivity contribution is 0.0689. The third-order valence-corrected chi connectivity index (χ3v) is 4.34. The van der Waals surface area contributed by atoms with Crippen molar-refractivity contribution in [1.82, 2.24) is 19.5 Å². The maximum Gasteiger partial charge on any atom is 0.354 e. The molecule has 1 aliphatic heterocycles. The molecule has 0 spiro atoms. The second-order valence-electron chi connectivity index (χ2n) is 6.29. The first-order valence-corrected chi connectivity index (χ1v) is 7.91. The number of halogens is 1. The largest absolute Gasteiger partial charge is 0.476 e. The summed E-state index contributed by atoms with van der Waals surface area (Å²) in [6, 6.07) is 4.41. The Morgan fingerprint density at radius 2 is 2.08 bits per heavy atom. The lowest BCUT2D eigenvalue weighted by atomic mass is 10.0. The minimum absolute atomic E-state index is 0.0407. The van der Waals surface area contributed by atoms with E-state index in [0.29, 0.717) is 28.9 Å². The number of carboxylic acid groups (broad SMARTS) is 1. The minimum atomic E-state index is -1.11. The van der Waals surface area contributed by atoms with Gasteiger partial charge in [-0.3, -0.25) is 4.57 Å². The third kappa shape index (κ3) is 2.31. The third-order valence-electron chi connectivity index (χ3n) is 4.34. The Hall–Kier alpha value is -3.09. The first-order valence-electron chi connectivity index (χ1n) is 7.91. The van der Waals surface area contributed by atoms with E-state index in [4.69, 9.17) is 0 Å². The van der Waals surface area contributed by atoms with Gasteiger partial charge in [0.1, 0.15) is 18.0 Å². The maximum atomic E-state index is 14.0. The van der Waals surface area contributed by atoms with Crippen LogP contribution in [0.3, 0.4) is 0 Å². The topological polar surface area (TPSA) is 80.9 Å². The van der Waals surface area contributed by atoms with Crippen molar-refractivity contribution in [2.75, 3.05) is 0 Å². The van der Waals surface area contributed by atoms with Gasteiger partial charge in [-0.25, -0.2) is 24.1 Å². The number of nitrogens with zero attached hydrogens (tertiary/aromatic N) is 4. The van der Waals surface area contributed by atoms with Gasteiger partial charge in [-0.05, 0) is 18.2 Å². The van der Waals surface area contributed by atoms with Crippen LogP contribution >= 0.6 is 0 Å². The highest BCUT2D eigenvalue weighted by Crippen LogP contribution is 2.37. The molecular formula is C18H15FN4O2. The molecule has 0 radical (unpaired) electrons. The van der Waals surface area contributed by atoms with Crippen LogP contribution in [0.2, 0.25) is 0 Å². The molecule has 0 bridgehead atoms. The maximum absolute atomic E-state index is 14.0. The summed E-state index contributed by atoms with van der Waals surface area (Å²) < 4.78 is 15.9. The van der Waals surface area contributed by atoms with Crippen LogP contribution in [-0.4, -0.2) is 30.6 Å². The summed E-state index contributed by atoms with van der Waals surface area (Å²) in [6.07, 6.45) is 3.25. The molecule has 1 N–H and O–H groups in total. The normalized spacial score (nSPS) is 12.3. The Kier molecular flexibility index (Phi) is 3.38. The molecule has 25 heavy (non-hydrogen) atoms. The van der Waals surface area contributed by atoms with Gasteiger partial charge in [0.15, 0.2) is 5.69 Å². The summed E-state index contributed by atoms with van der Waals surface area (Å²) >= 11 is 0. The highest BCUT2D eigenvalue weighted by molar-refractivity contribution is 5.90. The molecule has 0 atom stereocenters. The molecule has 0 unspecified atom stereocenters. The summed E-state index contributed by atoms with van der Waals surface area (Å²) in [7, 11) is 0. The zero-order valence-corrected chi connectivity index (χ0v) is 13.7. The Morgan fingerprint density at radius 1 is 1.28 bits per heavy atom. The molecule has 0 saturated heterocycles. The van der Waals surface area contributed by atoms with E-state index in [1.165, 1.54) is 18.5 Å². The fourth-order valence-electron chi connectivity index (χ4n) is 3.28. The quantitative estimate of drug-likeness (QED) is 0.607. The van der Waals surface area contributed by atoms with Crippen LogP contribution in [0.15, 0.2) is 30.7 Å². The molecule has 0 saturated carbocycles. The van der Waals surface area contributed by atoms with Crippen molar-refractivity contribution in [2.24, 2.45) is 0 Å². The Labute approximate surface area is 143 Å². The zero-order valence-electron chi connectivity index (χ0n) is 13.7. The van der Waals surface area contributed by atoms with Gasteiger partial charge >= 0.3 is 5.97 Å². The van der Waals surface area contributed by atoms with Crippen LogP contribution < -0.4 is 0 Å². The van der Waals surface area contributed by atoms with Crippen molar-refractivity contribution >= 4 is 5.97 Å². The van der Waals surface area contributed by atoms with Gasteiger partial charge < -0.3 is 5.11 Å². The Morgan fingerprint density at radius 3 is 2.80 bits per heavy atom. The van der Waals surface area contributed by atoms with E-state index in [0.717, 1.165) is 11.5 Å². The average molecular weight is 338 g/mol. The molecule has 4 rings (SSSR count). The Balaban J connectivity index is 2.12. The lowest BCUT2D eigenvalue weighted by Crippen LogP contribution is -2.09. The lowest BCUT2D eigenvalue weighted by Gasteiger charge is -2.15. The van der Waals surface area contributed by atoms with E-state index < -0.39 is 5.97 Å². The molecule has 0 aliphatic carbocycles. The summed E-state index contributed by atoms with van der Waals surface area (Å²) in [6.45, 7) is 4.02. The molecule has 2 aromatic heterocycles. The summed E-state index contributed by atoms with van der Waals surface area (Å²) in [5.74, 6) is -0.570. The van der Waals surface area contributed by atoms with Crippen LogP contribution in [0.5, 0.6) is 0 Å². The van der Waals surface area contributed by atoms with Crippen molar-refractivity contribution in [3.8, 4) is 16.9 Å². The van der Waals surface area contributed by atoms with Crippen molar-refractivity contribution in [2.45, 2.75) is 26.2 Å². The molecule has 126 valence electrons. The Bertz CT molecular complexity index is 1010. The van der Waals surface area contributed by atoms with Gasteiger partial charge in [0.2, 0.25) is 0 Å². The highest BCUT2D eigenvalue weighted by atomic mass is 19.1. The molecule has 0 fully saturated rings. The fourth-order valence-corrected chi connectivity index (χ4v) is 3.28. The van der Waals surface area contributed by atoms with E-state index >= 15 is 0 Å². The molecule has 1 aromatic carbocycles. The van der Waals surface area contributed by atoms with Crippen molar-refractivity contribution < 1.29 is 14.3 Å². The number of benzene rings is 1. The number of hydrogen-bond donors (Lipinski definition) is 1. The molecule has 3 aromatic rings. The monoisotopic (exact) mass is 338 g/mol. The number of aromatic nitrogens is 4. The molecule has 3 heterocycles.